The number of carbonyl (C=O) groups excluding carboxylic acids is 3. The number of amides is 3. The summed E-state index contributed by atoms with van der Waals surface area (Å²) in [4.78, 5) is 43.2. The molecule has 0 fully saturated rings. The minimum atomic E-state index is -0.679. The van der Waals surface area contributed by atoms with E-state index in [1.165, 1.54) is 12.1 Å². The lowest BCUT2D eigenvalue weighted by atomic mass is 10.1. The first-order valence-corrected chi connectivity index (χ1v) is 10.3. The number of imidazole rings is 1. The van der Waals surface area contributed by atoms with Gasteiger partial charge in [-0.15, -0.1) is 0 Å². The molecule has 158 valence electrons. The Labute approximate surface area is 186 Å². The van der Waals surface area contributed by atoms with Gasteiger partial charge in [0.15, 0.2) is 0 Å². The number of imide groups is 1. The van der Waals surface area contributed by atoms with Crippen molar-refractivity contribution < 1.29 is 18.8 Å². The molecule has 2 aromatic carbocycles. The molecule has 4 rings (SSSR count). The van der Waals surface area contributed by atoms with Gasteiger partial charge in [0.2, 0.25) is 5.91 Å². The van der Waals surface area contributed by atoms with Crippen LogP contribution >= 0.6 is 15.9 Å². The van der Waals surface area contributed by atoms with Crippen LogP contribution in [-0.4, -0.2) is 38.7 Å². The van der Waals surface area contributed by atoms with Crippen molar-refractivity contribution in [3.05, 3.63) is 87.7 Å². The number of rotatable bonds is 6. The standard InChI is InChI=1S/C22H18BrFN4O3/c1-27-10-8-25-20(27)19(13-3-2-4-15(24)11-13)26-18(29)7-9-28-21(30)16-6-5-14(23)12-17(16)22(28)31/h2-6,8,10-12,19H,7,9H2,1H3,(H,26,29). The predicted octanol–water partition coefficient (Wildman–Crippen LogP) is 3.21. The zero-order chi connectivity index (χ0) is 22.1. The molecule has 3 aromatic rings. The maximum Gasteiger partial charge on any atom is 0.261 e. The van der Waals surface area contributed by atoms with Gasteiger partial charge < -0.3 is 9.88 Å². The van der Waals surface area contributed by atoms with Crippen molar-refractivity contribution in [2.75, 3.05) is 6.54 Å². The second-order valence-electron chi connectivity index (χ2n) is 7.15. The number of carbonyl (C=O) groups is 3. The number of hydrogen-bond donors (Lipinski definition) is 1. The molecular formula is C22H18BrFN4O3. The molecule has 31 heavy (non-hydrogen) atoms. The third-order valence-corrected chi connectivity index (χ3v) is 5.59. The molecule has 3 amide bonds. The molecule has 9 heteroatoms. The Morgan fingerprint density at radius 2 is 1.94 bits per heavy atom. The van der Waals surface area contributed by atoms with E-state index in [9.17, 15) is 18.8 Å². The Morgan fingerprint density at radius 1 is 1.16 bits per heavy atom. The molecule has 0 radical (unpaired) electrons. The van der Waals surface area contributed by atoms with Crippen LogP contribution in [-0.2, 0) is 11.8 Å². The maximum atomic E-state index is 13.8. The van der Waals surface area contributed by atoms with E-state index in [2.05, 4.69) is 26.2 Å². The summed E-state index contributed by atoms with van der Waals surface area (Å²) in [6.07, 6.45) is 3.22. The summed E-state index contributed by atoms with van der Waals surface area (Å²) in [5, 5.41) is 2.84. The molecular weight excluding hydrogens is 467 g/mol. The van der Waals surface area contributed by atoms with Crippen molar-refractivity contribution in [1.82, 2.24) is 19.8 Å². The quantitative estimate of drug-likeness (QED) is 0.544. The second kappa shape index (κ2) is 8.43. The summed E-state index contributed by atoms with van der Waals surface area (Å²) >= 11 is 3.29. The van der Waals surface area contributed by atoms with Crippen LogP contribution in [0.25, 0.3) is 0 Å². The molecule has 1 N–H and O–H groups in total. The van der Waals surface area contributed by atoms with E-state index in [-0.39, 0.29) is 13.0 Å². The predicted molar refractivity (Wildman–Crippen MR) is 114 cm³/mol. The van der Waals surface area contributed by atoms with Crippen LogP contribution in [0.15, 0.2) is 59.3 Å². The number of aromatic nitrogens is 2. The normalized spacial score (nSPS) is 14.0. The van der Waals surface area contributed by atoms with Gasteiger partial charge in [-0.3, -0.25) is 19.3 Å². The fourth-order valence-corrected chi connectivity index (χ4v) is 3.91. The van der Waals surface area contributed by atoms with E-state index in [4.69, 9.17) is 0 Å². The van der Waals surface area contributed by atoms with Crippen LogP contribution in [0.3, 0.4) is 0 Å². The summed E-state index contributed by atoms with van der Waals surface area (Å²) in [6.45, 7) is -0.0633. The lowest BCUT2D eigenvalue weighted by molar-refractivity contribution is -0.121. The number of nitrogens with zero attached hydrogens (tertiary/aromatic N) is 3. The minimum absolute atomic E-state index is 0.0633. The molecule has 1 aromatic heterocycles. The molecule has 0 spiro atoms. The first-order chi connectivity index (χ1) is 14.8. The lowest BCUT2D eigenvalue weighted by Crippen LogP contribution is -2.36. The SMILES string of the molecule is Cn1ccnc1C(NC(=O)CCN1C(=O)c2ccc(Br)cc2C1=O)c1cccc(F)c1. The highest BCUT2D eigenvalue weighted by molar-refractivity contribution is 9.10. The summed E-state index contributed by atoms with van der Waals surface area (Å²) in [5.41, 5.74) is 1.16. The zero-order valence-corrected chi connectivity index (χ0v) is 18.1. The van der Waals surface area contributed by atoms with E-state index in [1.54, 1.807) is 54.3 Å². The van der Waals surface area contributed by atoms with Crippen LogP contribution in [0.1, 0.15) is 44.6 Å². The second-order valence-corrected chi connectivity index (χ2v) is 8.07. The fourth-order valence-electron chi connectivity index (χ4n) is 3.55. The Bertz CT molecular complexity index is 1190. The molecule has 0 saturated heterocycles. The van der Waals surface area contributed by atoms with Gasteiger partial charge in [-0.2, -0.15) is 0 Å². The van der Waals surface area contributed by atoms with Gasteiger partial charge in [0.25, 0.3) is 11.8 Å². The van der Waals surface area contributed by atoms with E-state index in [1.807, 2.05) is 0 Å². The van der Waals surface area contributed by atoms with Gasteiger partial charge >= 0.3 is 0 Å². The van der Waals surface area contributed by atoms with Crippen LogP contribution in [0.5, 0.6) is 0 Å². The Morgan fingerprint density at radius 3 is 2.65 bits per heavy atom. The summed E-state index contributed by atoms with van der Waals surface area (Å²) in [6, 6.07) is 10.1. The van der Waals surface area contributed by atoms with Crippen molar-refractivity contribution in [1.29, 1.82) is 0 Å². The third kappa shape index (κ3) is 4.13. The molecule has 2 heterocycles. The number of benzene rings is 2. The Hall–Kier alpha value is -3.33. The monoisotopic (exact) mass is 484 g/mol. The Kier molecular flexibility index (Phi) is 5.69. The molecule has 1 aliphatic rings. The molecule has 1 aliphatic heterocycles. The van der Waals surface area contributed by atoms with E-state index in [0.29, 0.717) is 27.0 Å². The number of hydrogen-bond acceptors (Lipinski definition) is 4. The Balaban J connectivity index is 1.49. The van der Waals surface area contributed by atoms with E-state index < -0.39 is 29.6 Å². The lowest BCUT2D eigenvalue weighted by Gasteiger charge is -2.20. The van der Waals surface area contributed by atoms with E-state index >= 15 is 0 Å². The number of aryl methyl sites for hydroxylation is 1. The number of nitrogens with one attached hydrogen (secondary N) is 1. The average Bonchev–Trinajstić information content (AvgIpc) is 3.26. The molecule has 1 unspecified atom stereocenters. The average molecular weight is 485 g/mol. The van der Waals surface area contributed by atoms with Crippen LogP contribution in [0.2, 0.25) is 0 Å². The molecule has 1 atom stereocenters. The number of fused-ring (bicyclic) bond motifs is 1. The van der Waals surface area contributed by atoms with Gasteiger partial charge in [-0.1, -0.05) is 28.1 Å². The van der Waals surface area contributed by atoms with Crippen molar-refractivity contribution in [3.8, 4) is 0 Å². The molecule has 0 bridgehead atoms. The molecule has 0 saturated carbocycles. The van der Waals surface area contributed by atoms with Crippen molar-refractivity contribution >= 4 is 33.7 Å². The molecule has 0 aliphatic carbocycles. The molecule has 7 nitrogen and oxygen atoms in total. The zero-order valence-electron chi connectivity index (χ0n) is 16.5. The smallest absolute Gasteiger partial charge is 0.261 e. The van der Waals surface area contributed by atoms with Gasteiger partial charge in [0, 0.05) is 36.9 Å². The highest BCUT2D eigenvalue weighted by Crippen LogP contribution is 2.26. The van der Waals surface area contributed by atoms with Crippen LogP contribution < -0.4 is 5.32 Å². The summed E-state index contributed by atoms with van der Waals surface area (Å²) < 4.78 is 16.2. The summed E-state index contributed by atoms with van der Waals surface area (Å²) in [5.74, 6) is -1.14. The first kappa shape index (κ1) is 20.9. The first-order valence-electron chi connectivity index (χ1n) is 9.53. The van der Waals surface area contributed by atoms with Gasteiger partial charge in [0.05, 0.1) is 11.1 Å². The van der Waals surface area contributed by atoms with Gasteiger partial charge in [-0.25, -0.2) is 9.37 Å². The van der Waals surface area contributed by atoms with Crippen molar-refractivity contribution in [3.63, 3.8) is 0 Å². The third-order valence-electron chi connectivity index (χ3n) is 5.10. The summed E-state index contributed by atoms with van der Waals surface area (Å²) in [7, 11) is 1.78. The largest absolute Gasteiger partial charge is 0.342 e. The van der Waals surface area contributed by atoms with Crippen molar-refractivity contribution in [2.45, 2.75) is 12.5 Å². The van der Waals surface area contributed by atoms with Crippen LogP contribution in [0.4, 0.5) is 4.39 Å². The number of halogens is 2. The highest BCUT2D eigenvalue weighted by Gasteiger charge is 2.35. The van der Waals surface area contributed by atoms with Gasteiger partial charge in [0.1, 0.15) is 17.7 Å². The minimum Gasteiger partial charge on any atom is -0.342 e. The highest BCUT2D eigenvalue weighted by atomic mass is 79.9. The maximum absolute atomic E-state index is 13.8. The topological polar surface area (TPSA) is 84.3 Å². The van der Waals surface area contributed by atoms with Crippen molar-refractivity contribution in [2.24, 2.45) is 7.05 Å². The van der Waals surface area contributed by atoms with E-state index in [0.717, 1.165) is 4.90 Å². The fraction of sp³-hybridized carbons (Fsp3) is 0.182. The van der Waals surface area contributed by atoms with Crippen LogP contribution in [0, 0.1) is 5.82 Å². The van der Waals surface area contributed by atoms with Gasteiger partial charge in [-0.05, 0) is 35.9 Å².